The summed E-state index contributed by atoms with van der Waals surface area (Å²) in [4.78, 5) is 4.63. The van der Waals surface area contributed by atoms with Crippen molar-refractivity contribution < 1.29 is 68.6 Å². The van der Waals surface area contributed by atoms with E-state index in [1.807, 2.05) is 21.4 Å². The zero-order chi connectivity index (χ0) is 16.9. The van der Waals surface area contributed by atoms with Gasteiger partial charge in [-0.15, -0.1) is 0 Å². The van der Waals surface area contributed by atoms with E-state index in [-0.39, 0.29) is 51.4 Å². The number of rotatable bonds is 3. The second-order valence-corrected chi connectivity index (χ2v) is 7.31. The van der Waals surface area contributed by atoms with Crippen LogP contribution in [0.5, 0.6) is 0 Å². The number of benzene rings is 1. The number of hydrogen-bond donors (Lipinski definition) is 0. The van der Waals surface area contributed by atoms with Gasteiger partial charge >= 0.3 is 51.4 Å². The fourth-order valence-electron chi connectivity index (χ4n) is 2.81. The predicted molar refractivity (Wildman–Crippen MR) is 90.0 cm³/mol. The first kappa shape index (κ1) is 19.5. The van der Waals surface area contributed by atoms with Gasteiger partial charge in [0.15, 0.2) is 0 Å². The van der Waals surface area contributed by atoms with Crippen LogP contribution in [0.25, 0.3) is 22.4 Å². The first-order valence-corrected chi connectivity index (χ1v) is 9.52. The van der Waals surface area contributed by atoms with Crippen molar-refractivity contribution in [3.63, 3.8) is 0 Å². The Morgan fingerprint density at radius 2 is 2.16 bits per heavy atom. The van der Waals surface area contributed by atoms with Crippen LogP contribution in [-0.2, 0) is 21.2 Å². The van der Waals surface area contributed by atoms with Gasteiger partial charge in [-0.1, -0.05) is 16.8 Å². The topological polar surface area (TPSA) is 96.6 Å². The molecule has 0 spiro atoms. The third-order valence-corrected chi connectivity index (χ3v) is 4.99. The molecule has 25 heavy (non-hydrogen) atoms. The Morgan fingerprint density at radius 3 is 2.84 bits per heavy atom. The van der Waals surface area contributed by atoms with Crippen molar-refractivity contribution in [3.05, 3.63) is 39.5 Å². The van der Waals surface area contributed by atoms with Crippen molar-refractivity contribution in [1.82, 2.24) is 9.55 Å². The molecule has 2 aromatic heterocycles. The quantitative estimate of drug-likeness (QED) is 0.257. The maximum Gasteiger partial charge on any atom is 1.00 e. The van der Waals surface area contributed by atoms with Crippen molar-refractivity contribution in [3.8, 4) is 11.4 Å². The summed E-state index contributed by atoms with van der Waals surface area (Å²) in [5, 5.41) is 7.96. The van der Waals surface area contributed by atoms with Gasteiger partial charge in [-0.05, 0) is 23.6 Å². The van der Waals surface area contributed by atoms with Gasteiger partial charge in [0, 0.05) is 29.5 Å². The number of halogens is 1. The molecule has 0 saturated heterocycles. The Balaban J connectivity index is 0.00000182. The van der Waals surface area contributed by atoms with Crippen LogP contribution in [0, 0.1) is 0 Å². The molecule has 7 nitrogen and oxygen atoms in total. The number of thiophene rings is 1. The fraction of sp³-hybridized carbons (Fsp3) is 0.143. The summed E-state index contributed by atoms with van der Waals surface area (Å²) in [7, 11) is -4.89. The van der Waals surface area contributed by atoms with Gasteiger partial charge in [-0.3, -0.25) is 4.28 Å². The van der Waals surface area contributed by atoms with E-state index in [1.54, 1.807) is 23.5 Å². The van der Waals surface area contributed by atoms with Gasteiger partial charge in [0.25, 0.3) is 10.4 Å². The van der Waals surface area contributed by atoms with E-state index in [0.29, 0.717) is 34.8 Å². The molecule has 0 aliphatic carbocycles. The maximum absolute atomic E-state index is 10.7. The van der Waals surface area contributed by atoms with Crippen LogP contribution in [0.15, 0.2) is 34.1 Å². The molecule has 0 radical (unpaired) electrons. The van der Waals surface area contributed by atoms with E-state index in [0.717, 1.165) is 16.9 Å². The van der Waals surface area contributed by atoms with Crippen molar-refractivity contribution in [2.24, 2.45) is 5.16 Å². The molecule has 11 heteroatoms. The van der Waals surface area contributed by atoms with Crippen LogP contribution < -0.4 is 51.4 Å². The number of imidazole rings is 1. The van der Waals surface area contributed by atoms with Crippen LogP contribution in [0.1, 0.15) is 12.0 Å². The van der Waals surface area contributed by atoms with E-state index < -0.39 is 10.4 Å². The monoisotopic (exact) mass is 421 g/mol. The summed E-state index contributed by atoms with van der Waals surface area (Å²) in [5.41, 5.74) is 3.36. The largest absolute Gasteiger partial charge is 1.00 e. The molecule has 0 bridgehead atoms. The normalized spacial score (nSPS) is 15.4. The van der Waals surface area contributed by atoms with E-state index in [4.69, 9.17) is 11.6 Å². The number of aryl methyl sites for hydroxylation is 1. The second kappa shape index (κ2) is 7.37. The minimum Gasteiger partial charge on any atom is -0.714 e. The molecule has 0 unspecified atom stereocenters. The van der Waals surface area contributed by atoms with Gasteiger partial charge in [-0.25, -0.2) is 4.98 Å². The summed E-state index contributed by atoms with van der Waals surface area (Å²) in [6.45, 7) is 0.524. The van der Waals surface area contributed by atoms with Crippen LogP contribution >= 0.6 is 22.9 Å². The number of aromatic nitrogens is 2. The van der Waals surface area contributed by atoms with Gasteiger partial charge < -0.3 is 9.12 Å². The van der Waals surface area contributed by atoms with Gasteiger partial charge in [0.2, 0.25) is 0 Å². The summed E-state index contributed by atoms with van der Waals surface area (Å²) in [6, 6.07) is 5.36. The third kappa shape index (κ3) is 3.73. The molecule has 1 aliphatic heterocycles. The van der Waals surface area contributed by atoms with Gasteiger partial charge in [0.1, 0.15) is 11.3 Å². The number of hydrogen-bond acceptors (Lipinski definition) is 7. The molecule has 124 valence electrons. The summed E-state index contributed by atoms with van der Waals surface area (Å²) >= 11 is 7.83. The zero-order valence-corrected chi connectivity index (χ0v) is 18.5. The molecule has 3 aromatic rings. The van der Waals surface area contributed by atoms with Crippen molar-refractivity contribution >= 4 is 50.1 Å². The molecule has 0 saturated carbocycles. The Bertz CT molecular complexity index is 1080. The average molecular weight is 422 g/mol. The van der Waals surface area contributed by atoms with Crippen LogP contribution in [0.4, 0.5) is 0 Å². The molecule has 4 rings (SSSR count). The number of nitrogens with zero attached hydrogens (tertiary/aromatic N) is 3. The Labute approximate surface area is 195 Å². The molecule has 0 atom stereocenters. The Hall–Kier alpha value is -0.304. The standard InChI is InChI=1S/C14H10ClN3O4S2.K/c15-10-2-1-9-11(17-22-24(19,20)21)3-5-18-13(9)12(10)16-14(18)8-4-6-23-7-8;/h1-2,4,6-7H,3,5H2,(H,19,20,21);/q;+1/p-1/b17-11-;. The molecule has 1 aromatic carbocycles. The molecule has 0 N–H and O–H groups in total. The van der Waals surface area contributed by atoms with Gasteiger partial charge in [0.05, 0.1) is 16.3 Å². The summed E-state index contributed by atoms with van der Waals surface area (Å²) < 4.78 is 38.0. The molecule has 0 fully saturated rings. The smallest absolute Gasteiger partial charge is 0.714 e. The summed E-state index contributed by atoms with van der Waals surface area (Å²) in [5.74, 6) is 0.789. The third-order valence-electron chi connectivity index (χ3n) is 3.75. The molecule has 0 amide bonds. The Kier molecular flexibility index (Phi) is 5.74. The first-order chi connectivity index (χ1) is 11.4. The van der Waals surface area contributed by atoms with Crippen molar-refractivity contribution in [2.75, 3.05) is 0 Å². The molecule has 1 aliphatic rings. The fourth-order valence-corrected chi connectivity index (χ4v) is 3.82. The molecular weight excluding hydrogens is 413 g/mol. The first-order valence-electron chi connectivity index (χ1n) is 6.87. The van der Waals surface area contributed by atoms with E-state index >= 15 is 0 Å². The van der Waals surface area contributed by atoms with Gasteiger partial charge in [-0.2, -0.15) is 19.8 Å². The maximum atomic E-state index is 10.7. The predicted octanol–water partition coefficient (Wildman–Crippen LogP) is 0.00680. The Morgan fingerprint density at radius 1 is 1.36 bits per heavy atom. The molecule has 3 heterocycles. The minimum atomic E-state index is -4.89. The SMILES string of the molecule is O=S(=O)([O-])O/N=C1/CCn2c(-c3ccsc3)nc3c(Cl)ccc1c32.[K+]. The second-order valence-electron chi connectivity index (χ2n) is 5.16. The number of oxime groups is 1. The van der Waals surface area contributed by atoms with Crippen LogP contribution in [-0.4, -0.2) is 28.2 Å². The van der Waals surface area contributed by atoms with Crippen LogP contribution in [0.2, 0.25) is 5.02 Å². The molecular formula is C14H9ClKN3O4S2. The van der Waals surface area contributed by atoms with Crippen molar-refractivity contribution in [1.29, 1.82) is 0 Å². The average Bonchev–Trinajstić information content (AvgIpc) is 3.16. The zero-order valence-electron chi connectivity index (χ0n) is 13.0. The summed E-state index contributed by atoms with van der Waals surface area (Å²) in [6.07, 6.45) is 0.409. The minimum absolute atomic E-state index is 0. The van der Waals surface area contributed by atoms with Crippen molar-refractivity contribution in [2.45, 2.75) is 13.0 Å². The van der Waals surface area contributed by atoms with E-state index in [1.165, 1.54) is 0 Å². The van der Waals surface area contributed by atoms with E-state index in [9.17, 15) is 13.0 Å². The van der Waals surface area contributed by atoms with E-state index in [2.05, 4.69) is 14.4 Å². The van der Waals surface area contributed by atoms with Crippen LogP contribution in [0.3, 0.4) is 0 Å².